The lowest BCUT2D eigenvalue weighted by atomic mass is 10.1. The minimum Gasteiger partial charge on any atom is -0.497 e. The molecule has 2 aromatic carbocycles. The van der Waals surface area contributed by atoms with Gasteiger partial charge in [0.25, 0.3) is 0 Å². The molecule has 0 spiro atoms. The van der Waals surface area contributed by atoms with Crippen molar-refractivity contribution in [2.75, 3.05) is 18.6 Å². The van der Waals surface area contributed by atoms with Gasteiger partial charge in [0.05, 0.1) is 13.7 Å². The normalized spacial score (nSPS) is 16.2. The molecule has 2 aliphatic rings. The second-order valence-corrected chi connectivity index (χ2v) is 9.30. The molecule has 2 aromatic rings. The lowest BCUT2D eigenvalue weighted by Crippen LogP contribution is -2.52. The number of amides is 4. The van der Waals surface area contributed by atoms with Crippen LogP contribution in [0.5, 0.6) is 5.75 Å². The van der Waals surface area contributed by atoms with Gasteiger partial charge >= 0.3 is 12.1 Å². The van der Waals surface area contributed by atoms with E-state index in [0.29, 0.717) is 19.6 Å². The quantitative estimate of drug-likeness (QED) is 0.692. The maximum Gasteiger partial charge on any atom is 0.410 e. The Morgan fingerprint density at radius 1 is 1.00 bits per heavy atom. The van der Waals surface area contributed by atoms with E-state index in [1.54, 1.807) is 16.9 Å². The number of anilines is 1. The van der Waals surface area contributed by atoms with Crippen LogP contribution in [0.1, 0.15) is 43.9 Å². The molecule has 0 N–H and O–H groups in total. The second kappa shape index (κ2) is 8.77. The molecular weight excluding hydrogens is 422 g/mol. The fourth-order valence-corrected chi connectivity index (χ4v) is 4.00. The summed E-state index contributed by atoms with van der Waals surface area (Å²) >= 11 is 0. The first kappa shape index (κ1) is 22.6. The highest BCUT2D eigenvalue weighted by atomic mass is 16.6. The molecule has 2 aliphatic heterocycles. The summed E-state index contributed by atoms with van der Waals surface area (Å²) < 4.78 is 10.7. The van der Waals surface area contributed by atoms with Crippen molar-refractivity contribution in [3.05, 3.63) is 59.2 Å². The molecular formula is C25H29N3O5. The molecule has 174 valence electrons. The number of nitrogens with zero attached hydrogens (tertiary/aromatic N) is 3. The van der Waals surface area contributed by atoms with E-state index in [2.05, 4.69) is 0 Å². The smallest absolute Gasteiger partial charge is 0.410 e. The van der Waals surface area contributed by atoms with Crippen molar-refractivity contribution in [3.63, 3.8) is 0 Å². The first-order valence-electron chi connectivity index (χ1n) is 11.0. The maximum absolute atomic E-state index is 13.2. The van der Waals surface area contributed by atoms with Gasteiger partial charge in [-0.1, -0.05) is 18.2 Å². The fourth-order valence-electron chi connectivity index (χ4n) is 4.00. The standard InChI is InChI=1S/C25H29N3O5/c1-25(2,3)33-24(31)26-15-18-7-8-20(13-19(18)16-26)27-12-11-22(29)28(23(27)30)14-17-5-9-21(32-4)10-6-17/h5-10,13H,11-12,14-16H2,1-4H3. The van der Waals surface area contributed by atoms with Gasteiger partial charge in [0, 0.05) is 31.7 Å². The number of carbonyl (C=O) groups excluding carboxylic acids is 3. The van der Waals surface area contributed by atoms with E-state index in [-0.39, 0.29) is 31.0 Å². The third kappa shape index (κ3) is 4.94. The molecule has 0 unspecified atom stereocenters. The molecule has 4 rings (SSSR count). The summed E-state index contributed by atoms with van der Waals surface area (Å²) in [6.07, 6.45) is -0.103. The predicted molar refractivity (Wildman–Crippen MR) is 123 cm³/mol. The van der Waals surface area contributed by atoms with Gasteiger partial charge in [0.2, 0.25) is 5.91 Å². The Bertz CT molecular complexity index is 1070. The van der Waals surface area contributed by atoms with Crippen LogP contribution in [-0.2, 0) is 29.2 Å². The Balaban J connectivity index is 1.48. The zero-order valence-corrected chi connectivity index (χ0v) is 19.5. The summed E-state index contributed by atoms with van der Waals surface area (Å²) in [4.78, 5) is 42.7. The molecule has 0 aliphatic carbocycles. The van der Waals surface area contributed by atoms with Gasteiger partial charge in [-0.15, -0.1) is 0 Å². The Kier molecular flexibility index (Phi) is 6.01. The van der Waals surface area contributed by atoms with Crippen molar-refractivity contribution in [1.82, 2.24) is 9.80 Å². The summed E-state index contributed by atoms with van der Waals surface area (Å²) in [6.45, 7) is 6.95. The number of urea groups is 1. The third-order valence-electron chi connectivity index (χ3n) is 5.69. The number of benzene rings is 2. The summed E-state index contributed by atoms with van der Waals surface area (Å²) in [5.74, 6) is 0.527. The first-order chi connectivity index (χ1) is 15.6. The average Bonchev–Trinajstić information content (AvgIpc) is 3.20. The summed E-state index contributed by atoms with van der Waals surface area (Å²) in [6, 6.07) is 12.7. The van der Waals surface area contributed by atoms with Crippen LogP contribution in [0, 0.1) is 0 Å². The number of hydrogen-bond donors (Lipinski definition) is 0. The third-order valence-corrected chi connectivity index (χ3v) is 5.69. The highest BCUT2D eigenvalue weighted by Crippen LogP contribution is 2.30. The van der Waals surface area contributed by atoms with Gasteiger partial charge in [0.15, 0.2) is 0 Å². The number of hydrogen-bond acceptors (Lipinski definition) is 5. The van der Waals surface area contributed by atoms with Crippen LogP contribution >= 0.6 is 0 Å². The van der Waals surface area contributed by atoms with Gasteiger partial charge in [-0.25, -0.2) is 9.59 Å². The molecule has 0 aromatic heterocycles. The SMILES string of the molecule is COc1ccc(CN2C(=O)CCN(c3ccc4c(c3)CN(C(=O)OC(C)(C)C)C4)C2=O)cc1. The summed E-state index contributed by atoms with van der Waals surface area (Å²) in [5.41, 5.74) is 3.01. The zero-order valence-electron chi connectivity index (χ0n) is 19.5. The zero-order chi connectivity index (χ0) is 23.8. The molecule has 8 nitrogen and oxygen atoms in total. The maximum atomic E-state index is 13.2. The number of methoxy groups -OCH3 is 1. The summed E-state index contributed by atoms with van der Waals surface area (Å²) in [7, 11) is 1.59. The Morgan fingerprint density at radius 2 is 1.70 bits per heavy atom. The van der Waals surface area contributed by atoms with Crippen LogP contribution < -0.4 is 9.64 Å². The minimum atomic E-state index is -0.558. The van der Waals surface area contributed by atoms with Crippen molar-refractivity contribution in [2.24, 2.45) is 0 Å². The highest BCUT2D eigenvalue weighted by Gasteiger charge is 2.34. The van der Waals surface area contributed by atoms with Crippen molar-refractivity contribution in [1.29, 1.82) is 0 Å². The highest BCUT2D eigenvalue weighted by molar-refractivity contribution is 6.05. The van der Waals surface area contributed by atoms with E-state index in [0.717, 1.165) is 28.1 Å². The van der Waals surface area contributed by atoms with Crippen LogP contribution in [-0.4, -0.2) is 47.1 Å². The second-order valence-electron chi connectivity index (χ2n) is 9.30. The largest absolute Gasteiger partial charge is 0.497 e. The molecule has 0 atom stereocenters. The first-order valence-corrected chi connectivity index (χ1v) is 11.0. The predicted octanol–water partition coefficient (Wildman–Crippen LogP) is 4.30. The molecule has 1 fully saturated rings. The van der Waals surface area contributed by atoms with Crippen LogP contribution in [0.25, 0.3) is 0 Å². The number of fused-ring (bicyclic) bond motifs is 1. The lowest BCUT2D eigenvalue weighted by Gasteiger charge is -2.34. The molecule has 33 heavy (non-hydrogen) atoms. The van der Waals surface area contributed by atoms with Gasteiger partial charge in [-0.05, 0) is 61.7 Å². The van der Waals surface area contributed by atoms with Crippen LogP contribution in [0.3, 0.4) is 0 Å². The molecule has 1 saturated heterocycles. The molecule has 0 radical (unpaired) electrons. The number of carbonyl (C=O) groups is 3. The van der Waals surface area contributed by atoms with Gasteiger partial charge in [-0.2, -0.15) is 0 Å². The Hall–Kier alpha value is -3.55. The Morgan fingerprint density at radius 3 is 2.36 bits per heavy atom. The summed E-state index contributed by atoms with van der Waals surface area (Å²) in [5, 5.41) is 0. The van der Waals surface area contributed by atoms with Gasteiger partial charge < -0.3 is 9.47 Å². The van der Waals surface area contributed by atoms with Crippen molar-refractivity contribution in [3.8, 4) is 5.75 Å². The molecule has 0 saturated carbocycles. The average molecular weight is 452 g/mol. The van der Waals surface area contributed by atoms with E-state index >= 15 is 0 Å². The topological polar surface area (TPSA) is 79.4 Å². The Labute approximate surface area is 193 Å². The van der Waals surface area contributed by atoms with E-state index in [1.807, 2.05) is 63.2 Å². The van der Waals surface area contributed by atoms with Crippen molar-refractivity contribution >= 4 is 23.7 Å². The monoisotopic (exact) mass is 451 g/mol. The van der Waals surface area contributed by atoms with E-state index in [1.165, 1.54) is 4.90 Å². The number of imide groups is 1. The minimum absolute atomic E-state index is 0.190. The van der Waals surface area contributed by atoms with Crippen LogP contribution in [0.15, 0.2) is 42.5 Å². The number of ether oxygens (including phenoxy) is 2. The molecule has 4 amide bonds. The molecule has 0 bridgehead atoms. The van der Waals surface area contributed by atoms with Gasteiger partial charge in [0.1, 0.15) is 11.4 Å². The van der Waals surface area contributed by atoms with Crippen molar-refractivity contribution < 1.29 is 23.9 Å². The van der Waals surface area contributed by atoms with Crippen LogP contribution in [0.2, 0.25) is 0 Å². The lowest BCUT2D eigenvalue weighted by molar-refractivity contribution is -0.129. The molecule has 8 heteroatoms. The molecule has 2 heterocycles. The van der Waals surface area contributed by atoms with Crippen molar-refractivity contribution in [2.45, 2.75) is 52.4 Å². The van der Waals surface area contributed by atoms with Gasteiger partial charge in [-0.3, -0.25) is 19.5 Å². The fraction of sp³-hybridized carbons (Fsp3) is 0.400. The van der Waals surface area contributed by atoms with Crippen LogP contribution in [0.4, 0.5) is 15.3 Å². The van der Waals surface area contributed by atoms with E-state index in [4.69, 9.17) is 9.47 Å². The van der Waals surface area contributed by atoms with E-state index in [9.17, 15) is 14.4 Å². The number of rotatable bonds is 4. The van der Waals surface area contributed by atoms with E-state index < -0.39 is 5.60 Å².